The summed E-state index contributed by atoms with van der Waals surface area (Å²) in [4.78, 5) is 26.0. The maximum atomic E-state index is 5.29. The number of hydrogen-bond donors (Lipinski definition) is 0. The van der Waals surface area contributed by atoms with Gasteiger partial charge in [0.2, 0.25) is 0 Å². The third kappa shape index (κ3) is 8.14. The van der Waals surface area contributed by atoms with E-state index in [1.807, 2.05) is 66.7 Å². The Kier molecular flexibility index (Phi) is 10.1. The van der Waals surface area contributed by atoms with E-state index in [1.54, 1.807) is 0 Å². The lowest BCUT2D eigenvalue weighted by atomic mass is 9.94. The fraction of sp³-hybridized carbons (Fsp3) is 0.0179. The summed E-state index contributed by atoms with van der Waals surface area (Å²) in [5, 5.41) is 0. The van der Waals surface area contributed by atoms with Crippen molar-refractivity contribution < 1.29 is 0 Å². The predicted octanol–water partition coefficient (Wildman–Crippen LogP) is 14.0. The molecule has 0 fully saturated rings. The van der Waals surface area contributed by atoms with Crippen LogP contribution >= 0.6 is 0 Å². The molecule has 3 heterocycles. The summed E-state index contributed by atoms with van der Waals surface area (Å²) >= 11 is 0. The molecule has 0 saturated carbocycles. The smallest absolute Gasteiger partial charge is 0.160 e. The molecule has 7 aromatic carbocycles. The van der Waals surface area contributed by atoms with Gasteiger partial charge >= 0.3 is 0 Å². The van der Waals surface area contributed by atoms with Crippen LogP contribution in [0.15, 0.2) is 218 Å². The lowest BCUT2D eigenvalue weighted by molar-refractivity contribution is 1.18. The second-order valence-corrected chi connectivity index (χ2v) is 15.0. The first-order valence-corrected chi connectivity index (χ1v) is 20.4. The van der Waals surface area contributed by atoms with Crippen LogP contribution in [0.4, 0.5) is 0 Å². The summed E-state index contributed by atoms with van der Waals surface area (Å²) < 4.78 is 0. The van der Waals surface area contributed by atoms with Gasteiger partial charge in [-0.15, -0.1) is 0 Å². The fourth-order valence-electron chi connectivity index (χ4n) is 7.55. The highest BCUT2D eigenvalue weighted by molar-refractivity contribution is 5.85. The van der Waals surface area contributed by atoms with Gasteiger partial charge < -0.3 is 0 Å². The Hall–Kier alpha value is -8.15. The number of nitrogens with zero attached hydrogens (tertiary/aromatic N) is 5. The molecule has 0 unspecified atom stereocenters. The van der Waals surface area contributed by atoms with Gasteiger partial charge in [0.1, 0.15) is 0 Å². The van der Waals surface area contributed by atoms with Crippen LogP contribution < -0.4 is 0 Å². The highest BCUT2D eigenvalue weighted by atomic mass is 14.9. The minimum Gasteiger partial charge on any atom is -0.248 e. The summed E-state index contributed by atoms with van der Waals surface area (Å²) in [7, 11) is 0. The van der Waals surface area contributed by atoms with Crippen molar-refractivity contribution in [2.45, 2.75) is 6.92 Å². The molecular weight excluding hydrogens is 743 g/mol. The van der Waals surface area contributed by atoms with Gasteiger partial charge in [-0.1, -0.05) is 181 Å². The molecule has 0 bridgehead atoms. The van der Waals surface area contributed by atoms with Crippen molar-refractivity contribution in [3.63, 3.8) is 0 Å². The molecule has 10 aromatic rings. The Labute approximate surface area is 355 Å². The zero-order valence-corrected chi connectivity index (χ0v) is 33.5. The van der Waals surface area contributed by atoms with E-state index in [1.165, 1.54) is 5.56 Å². The molecule has 0 aliphatic heterocycles. The molecular formula is C56H39N5. The predicted molar refractivity (Wildman–Crippen MR) is 249 cm³/mol. The molecule has 5 nitrogen and oxygen atoms in total. The second-order valence-electron chi connectivity index (χ2n) is 15.0. The van der Waals surface area contributed by atoms with Gasteiger partial charge in [-0.3, -0.25) is 0 Å². The molecule has 0 spiro atoms. The number of pyridine rings is 1. The lowest BCUT2D eigenvalue weighted by Crippen LogP contribution is -1.98. The van der Waals surface area contributed by atoms with Crippen LogP contribution in [-0.2, 0) is 0 Å². The maximum absolute atomic E-state index is 5.29. The second kappa shape index (κ2) is 16.6. The molecule has 10 rings (SSSR count). The minimum absolute atomic E-state index is 0.653. The van der Waals surface area contributed by atoms with Gasteiger partial charge in [0.25, 0.3) is 0 Å². The van der Waals surface area contributed by atoms with E-state index in [9.17, 15) is 0 Å². The largest absolute Gasteiger partial charge is 0.248 e. The molecule has 0 radical (unpaired) electrons. The first kappa shape index (κ1) is 37.1. The van der Waals surface area contributed by atoms with Crippen molar-refractivity contribution in [2.24, 2.45) is 0 Å². The lowest BCUT2D eigenvalue weighted by Gasteiger charge is -2.15. The van der Waals surface area contributed by atoms with E-state index in [4.69, 9.17) is 24.9 Å². The minimum atomic E-state index is 0.653. The Morgan fingerprint density at radius 1 is 0.213 bits per heavy atom. The van der Waals surface area contributed by atoms with Gasteiger partial charge in [0, 0.05) is 44.5 Å². The van der Waals surface area contributed by atoms with Crippen LogP contribution in [0, 0.1) is 6.92 Å². The quantitative estimate of drug-likeness (QED) is 0.146. The van der Waals surface area contributed by atoms with Crippen molar-refractivity contribution in [3.8, 4) is 101 Å². The van der Waals surface area contributed by atoms with E-state index in [0.29, 0.717) is 11.6 Å². The average Bonchev–Trinajstić information content (AvgIpc) is 3.35. The molecule has 5 heteroatoms. The van der Waals surface area contributed by atoms with Crippen molar-refractivity contribution in [1.29, 1.82) is 0 Å². The molecule has 0 atom stereocenters. The number of rotatable bonds is 9. The Morgan fingerprint density at radius 3 is 0.869 bits per heavy atom. The Morgan fingerprint density at radius 2 is 0.492 bits per heavy atom. The van der Waals surface area contributed by atoms with E-state index in [-0.39, 0.29) is 0 Å². The van der Waals surface area contributed by atoms with Gasteiger partial charge in [-0.2, -0.15) is 0 Å². The number of hydrogen-bond acceptors (Lipinski definition) is 5. The SMILES string of the molecule is Cc1ccc(-c2cc(-c3cc(-c4cc(-c5ccccc5)nc(-c5ccccc5)c4)cc(-c4cc(-c5ccccc5)nc(-c5ccccc5)n4)c3)nc(-c3ccccc3)n2)cc1. The highest BCUT2D eigenvalue weighted by Gasteiger charge is 2.18. The van der Waals surface area contributed by atoms with Gasteiger partial charge in [-0.25, -0.2) is 24.9 Å². The monoisotopic (exact) mass is 781 g/mol. The molecule has 0 amide bonds. The molecule has 0 aliphatic carbocycles. The molecule has 3 aromatic heterocycles. The average molecular weight is 782 g/mol. The van der Waals surface area contributed by atoms with Crippen LogP contribution in [-0.4, -0.2) is 24.9 Å². The van der Waals surface area contributed by atoms with E-state index in [0.717, 1.165) is 89.8 Å². The number of aryl methyl sites for hydroxylation is 1. The number of benzene rings is 7. The Balaban J connectivity index is 1.24. The molecule has 0 aliphatic rings. The van der Waals surface area contributed by atoms with Crippen LogP contribution in [0.2, 0.25) is 0 Å². The van der Waals surface area contributed by atoms with E-state index >= 15 is 0 Å². The first-order valence-electron chi connectivity index (χ1n) is 20.4. The Bertz CT molecular complexity index is 2840. The zero-order chi connectivity index (χ0) is 41.0. The summed E-state index contributed by atoms with van der Waals surface area (Å²) in [5.74, 6) is 1.31. The molecule has 0 N–H and O–H groups in total. The summed E-state index contributed by atoms with van der Waals surface area (Å²) in [6, 6.07) is 75.1. The van der Waals surface area contributed by atoms with Crippen LogP contribution in [0.1, 0.15) is 5.56 Å². The normalized spacial score (nSPS) is 11.0. The highest BCUT2D eigenvalue weighted by Crippen LogP contribution is 2.38. The van der Waals surface area contributed by atoms with Gasteiger partial charge in [0.05, 0.1) is 34.2 Å². The standard InChI is InChI=1S/C56H39N5/c1-38-27-29-42(30-28-38)52-37-54(61-56(59-52)44-25-15-6-16-26-44)48-32-45(46-34-49(39-17-7-2-8-18-39)57-50(35-46)40-19-9-3-10-20-40)31-47(33-48)53-36-51(41-21-11-4-12-22-41)58-55(60-53)43-23-13-5-14-24-43/h2-37H,1H3. The van der Waals surface area contributed by atoms with Crippen molar-refractivity contribution in [1.82, 2.24) is 24.9 Å². The maximum Gasteiger partial charge on any atom is 0.160 e. The molecule has 288 valence electrons. The third-order valence-electron chi connectivity index (χ3n) is 10.8. The van der Waals surface area contributed by atoms with Crippen LogP contribution in [0.5, 0.6) is 0 Å². The van der Waals surface area contributed by atoms with Gasteiger partial charge in [-0.05, 0) is 60.5 Å². The summed E-state index contributed by atoms with van der Waals surface area (Å²) in [6.45, 7) is 2.10. The van der Waals surface area contributed by atoms with Crippen LogP contribution in [0.3, 0.4) is 0 Å². The number of aromatic nitrogens is 5. The van der Waals surface area contributed by atoms with E-state index < -0.39 is 0 Å². The summed E-state index contributed by atoms with van der Waals surface area (Å²) in [6.07, 6.45) is 0. The zero-order valence-electron chi connectivity index (χ0n) is 33.5. The molecule has 61 heavy (non-hydrogen) atoms. The van der Waals surface area contributed by atoms with Crippen molar-refractivity contribution in [3.05, 3.63) is 224 Å². The first-order chi connectivity index (χ1) is 30.1. The third-order valence-corrected chi connectivity index (χ3v) is 10.8. The van der Waals surface area contributed by atoms with Crippen molar-refractivity contribution >= 4 is 0 Å². The van der Waals surface area contributed by atoms with E-state index in [2.05, 4.69) is 159 Å². The van der Waals surface area contributed by atoms with Gasteiger partial charge in [0.15, 0.2) is 11.6 Å². The van der Waals surface area contributed by atoms with Crippen molar-refractivity contribution in [2.75, 3.05) is 0 Å². The summed E-state index contributed by atoms with van der Waals surface area (Å²) in [5.41, 5.74) is 16.1. The topological polar surface area (TPSA) is 64.5 Å². The fourth-order valence-corrected chi connectivity index (χ4v) is 7.55. The van der Waals surface area contributed by atoms with Crippen LogP contribution in [0.25, 0.3) is 101 Å². The molecule has 0 saturated heterocycles.